The fourth-order valence-electron chi connectivity index (χ4n) is 3.79. The highest BCUT2D eigenvalue weighted by Crippen LogP contribution is 2.27. The van der Waals surface area contributed by atoms with Crippen LogP contribution in [0.1, 0.15) is 35.3 Å². The largest absolute Gasteiger partial charge is 0.372 e. The lowest BCUT2D eigenvalue weighted by Crippen LogP contribution is -2.21. The number of nitrogens with zero attached hydrogens (tertiary/aromatic N) is 4. The molecule has 170 valence electrons. The lowest BCUT2D eigenvalue weighted by Gasteiger charge is -2.22. The van der Waals surface area contributed by atoms with Crippen LogP contribution in [0.25, 0.3) is 16.7 Å². The van der Waals surface area contributed by atoms with Crippen molar-refractivity contribution < 1.29 is 4.79 Å². The fraction of sp³-hybridized carbons (Fsp3) is 0.240. The summed E-state index contributed by atoms with van der Waals surface area (Å²) >= 11 is 12.0. The molecule has 0 aliphatic rings. The Morgan fingerprint density at radius 3 is 2.24 bits per heavy atom. The summed E-state index contributed by atoms with van der Waals surface area (Å²) in [5.41, 5.74) is 6.61. The number of fused-ring (bicyclic) bond motifs is 1. The first-order valence-electron chi connectivity index (χ1n) is 10.8. The van der Waals surface area contributed by atoms with Crippen molar-refractivity contribution in [2.75, 3.05) is 23.3 Å². The summed E-state index contributed by atoms with van der Waals surface area (Å²) in [6.07, 6.45) is 0. The van der Waals surface area contributed by atoms with Crippen LogP contribution in [-0.2, 0) is 0 Å². The number of aromatic nitrogens is 3. The Hall–Kier alpha value is -3.09. The van der Waals surface area contributed by atoms with Crippen LogP contribution in [0.3, 0.4) is 0 Å². The first-order chi connectivity index (χ1) is 15.8. The van der Waals surface area contributed by atoms with Crippen LogP contribution in [0.4, 0.5) is 11.4 Å². The number of halogens is 2. The van der Waals surface area contributed by atoms with Crippen LogP contribution in [0.2, 0.25) is 10.0 Å². The van der Waals surface area contributed by atoms with Gasteiger partial charge >= 0.3 is 0 Å². The van der Waals surface area contributed by atoms with Crippen molar-refractivity contribution in [1.82, 2.24) is 15.0 Å². The van der Waals surface area contributed by atoms with E-state index in [0.717, 1.165) is 35.4 Å². The molecule has 4 aromatic rings. The molecular weight excluding hydrogens is 457 g/mol. The van der Waals surface area contributed by atoms with Gasteiger partial charge in [-0.15, -0.1) is 10.2 Å². The summed E-state index contributed by atoms with van der Waals surface area (Å²) in [5, 5.41) is 13.0. The minimum Gasteiger partial charge on any atom is -0.372 e. The molecule has 1 N–H and O–H groups in total. The highest BCUT2D eigenvalue weighted by molar-refractivity contribution is 6.42. The fourth-order valence-corrected chi connectivity index (χ4v) is 4.09. The Bertz CT molecular complexity index is 1340. The molecule has 0 aliphatic heterocycles. The summed E-state index contributed by atoms with van der Waals surface area (Å²) < 4.78 is 0. The van der Waals surface area contributed by atoms with Crippen molar-refractivity contribution in [3.63, 3.8) is 0 Å². The van der Waals surface area contributed by atoms with Crippen molar-refractivity contribution in [1.29, 1.82) is 0 Å². The molecule has 33 heavy (non-hydrogen) atoms. The van der Waals surface area contributed by atoms with Crippen molar-refractivity contribution in [2.24, 2.45) is 0 Å². The van der Waals surface area contributed by atoms with Crippen molar-refractivity contribution in [3.8, 4) is 5.69 Å². The number of anilines is 2. The summed E-state index contributed by atoms with van der Waals surface area (Å²) in [5.74, 6) is -0.272. The molecule has 0 saturated carbocycles. The molecule has 1 heterocycles. The predicted molar refractivity (Wildman–Crippen MR) is 136 cm³/mol. The topological polar surface area (TPSA) is 63.1 Å². The number of amides is 1. The van der Waals surface area contributed by atoms with Gasteiger partial charge in [-0.05, 0) is 87.4 Å². The summed E-state index contributed by atoms with van der Waals surface area (Å²) in [6.45, 7) is 10.2. The zero-order valence-electron chi connectivity index (χ0n) is 19.0. The number of carbonyl (C=O) groups excluding carboxylic acids is 1. The molecule has 6 nitrogen and oxygen atoms in total. The zero-order valence-corrected chi connectivity index (χ0v) is 20.5. The number of nitrogens with one attached hydrogen (secondary N) is 1. The maximum absolute atomic E-state index is 12.7. The van der Waals surface area contributed by atoms with Gasteiger partial charge in [-0.3, -0.25) is 4.79 Å². The maximum atomic E-state index is 12.7. The molecule has 0 atom stereocenters. The molecule has 0 aliphatic carbocycles. The molecule has 4 rings (SSSR count). The average molecular weight is 482 g/mol. The average Bonchev–Trinajstić information content (AvgIpc) is 3.19. The molecule has 0 fully saturated rings. The third-order valence-corrected chi connectivity index (χ3v) is 6.42. The van der Waals surface area contributed by atoms with E-state index < -0.39 is 0 Å². The Balaban J connectivity index is 1.64. The monoisotopic (exact) mass is 481 g/mol. The number of rotatable bonds is 6. The van der Waals surface area contributed by atoms with Gasteiger partial charge < -0.3 is 10.2 Å². The second-order valence-corrected chi connectivity index (χ2v) is 8.69. The van der Waals surface area contributed by atoms with Gasteiger partial charge in [0.05, 0.1) is 15.7 Å². The highest BCUT2D eigenvalue weighted by Gasteiger charge is 2.14. The second kappa shape index (κ2) is 9.41. The maximum Gasteiger partial charge on any atom is 0.255 e. The van der Waals surface area contributed by atoms with E-state index in [9.17, 15) is 4.79 Å². The second-order valence-electron chi connectivity index (χ2n) is 7.87. The van der Waals surface area contributed by atoms with Gasteiger partial charge in [0.1, 0.15) is 11.0 Å². The zero-order chi connectivity index (χ0) is 23.7. The van der Waals surface area contributed by atoms with Crippen molar-refractivity contribution >= 4 is 51.5 Å². The quantitative estimate of drug-likeness (QED) is 0.344. The highest BCUT2D eigenvalue weighted by atomic mass is 35.5. The first kappa shape index (κ1) is 23.1. The molecule has 0 unspecified atom stereocenters. The van der Waals surface area contributed by atoms with E-state index in [4.69, 9.17) is 23.2 Å². The molecule has 0 radical (unpaired) electrons. The molecular formula is C25H25Cl2N5O. The van der Waals surface area contributed by atoms with Crippen LogP contribution >= 0.6 is 23.2 Å². The Labute approximate surface area is 203 Å². The number of carbonyl (C=O) groups is 1. The van der Waals surface area contributed by atoms with E-state index in [1.165, 1.54) is 5.69 Å². The molecule has 1 amide bonds. The van der Waals surface area contributed by atoms with Crippen LogP contribution in [-0.4, -0.2) is 34.0 Å². The van der Waals surface area contributed by atoms with Crippen molar-refractivity contribution in [2.45, 2.75) is 27.7 Å². The van der Waals surface area contributed by atoms with Gasteiger partial charge in [-0.1, -0.05) is 23.2 Å². The van der Waals surface area contributed by atoms with Crippen LogP contribution in [0.5, 0.6) is 0 Å². The van der Waals surface area contributed by atoms with Crippen LogP contribution < -0.4 is 10.2 Å². The van der Waals surface area contributed by atoms with E-state index in [1.54, 1.807) is 23.0 Å². The van der Waals surface area contributed by atoms with E-state index in [1.807, 2.05) is 25.1 Å². The molecule has 1 aromatic heterocycles. The standard InChI is InChI=1S/C25H25Cl2N5O/c1-5-31(6-2)18-8-10-24(16(4)11-18)32-29-22-12-15(3)21(14-23(22)30-32)28-25(33)17-7-9-19(26)20(27)13-17/h7-14H,5-6H2,1-4H3,(H,28,33). The predicted octanol–water partition coefficient (Wildman–Crippen LogP) is 6.44. The molecule has 8 heteroatoms. The lowest BCUT2D eigenvalue weighted by atomic mass is 10.1. The van der Waals surface area contributed by atoms with Crippen LogP contribution in [0, 0.1) is 13.8 Å². The third-order valence-electron chi connectivity index (χ3n) is 5.68. The summed E-state index contributed by atoms with van der Waals surface area (Å²) in [7, 11) is 0. The Morgan fingerprint density at radius 2 is 1.61 bits per heavy atom. The van der Waals surface area contributed by atoms with Crippen LogP contribution in [0.15, 0.2) is 48.5 Å². The summed E-state index contributed by atoms with van der Waals surface area (Å²) in [6, 6.07) is 14.8. The van der Waals surface area contributed by atoms with Gasteiger partial charge in [0.15, 0.2) is 0 Å². The number of hydrogen-bond acceptors (Lipinski definition) is 4. The number of hydrogen-bond donors (Lipinski definition) is 1. The van der Waals surface area contributed by atoms with Gasteiger partial charge in [0.25, 0.3) is 5.91 Å². The van der Waals surface area contributed by atoms with E-state index in [2.05, 4.69) is 53.3 Å². The molecule has 3 aromatic carbocycles. The Kier molecular flexibility index (Phi) is 6.58. The van der Waals surface area contributed by atoms with Gasteiger partial charge in [0, 0.05) is 30.0 Å². The molecule has 0 bridgehead atoms. The Morgan fingerprint density at radius 1 is 0.909 bits per heavy atom. The summed E-state index contributed by atoms with van der Waals surface area (Å²) in [4.78, 5) is 16.7. The molecule has 0 saturated heterocycles. The number of benzene rings is 3. The van der Waals surface area contributed by atoms with E-state index in [-0.39, 0.29) is 5.91 Å². The molecule has 0 spiro atoms. The van der Waals surface area contributed by atoms with Gasteiger partial charge in [-0.25, -0.2) is 0 Å². The smallest absolute Gasteiger partial charge is 0.255 e. The van der Waals surface area contributed by atoms with Gasteiger partial charge in [-0.2, -0.15) is 4.80 Å². The number of aryl methyl sites for hydroxylation is 2. The minimum absolute atomic E-state index is 0.272. The van der Waals surface area contributed by atoms with Crippen molar-refractivity contribution in [3.05, 3.63) is 75.3 Å². The SMILES string of the molecule is CCN(CC)c1ccc(-n2nc3cc(C)c(NC(=O)c4ccc(Cl)c(Cl)c4)cc3n2)c(C)c1. The van der Waals surface area contributed by atoms with E-state index in [0.29, 0.717) is 26.8 Å². The first-order valence-corrected chi connectivity index (χ1v) is 11.6. The minimum atomic E-state index is -0.272. The lowest BCUT2D eigenvalue weighted by molar-refractivity contribution is 0.102. The third kappa shape index (κ3) is 4.68. The van der Waals surface area contributed by atoms with E-state index >= 15 is 0 Å². The van der Waals surface area contributed by atoms with Gasteiger partial charge in [0.2, 0.25) is 0 Å². The normalized spacial score (nSPS) is 11.1.